The maximum Gasteiger partial charge on any atom is 0.338 e. The van der Waals surface area contributed by atoms with Crippen LogP contribution in [0.5, 0.6) is 0 Å². The van der Waals surface area contributed by atoms with Crippen LogP contribution in [0.15, 0.2) is 22.8 Å². The summed E-state index contributed by atoms with van der Waals surface area (Å²) in [7, 11) is 0. The minimum absolute atomic E-state index is 0.154. The number of hydrogen-bond acceptors (Lipinski definition) is 3. The van der Waals surface area contributed by atoms with Crippen molar-refractivity contribution in [3.63, 3.8) is 0 Å². The number of ether oxygens (including phenoxy) is 1. The zero-order chi connectivity index (χ0) is 13.0. The van der Waals surface area contributed by atoms with Crippen molar-refractivity contribution in [2.45, 2.75) is 33.6 Å². The average Bonchev–Trinajstić information content (AvgIpc) is 3.05. The summed E-state index contributed by atoms with van der Waals surface area (Å²) in [5.74, 6) is -1.15. The molecule has 0 saturated heterocycles. The van der Waals surface area contributed by atoms with Gasteiger partial charge in [-0.05, 0) is 31.8 Å². The van der Waals surface area contributed by atoms with Gasteiger partial charge in [0, 0.05) is 5.57 Å². The fourth-order valence-corrected chi connectivity index (χ4v) is 1.24. The Morgan fingerprint density at radius 2 is 2.00 bits per heavy atom. The van der Waals surface area contributed by atoms with E-state index in [4.69, 9.17) is 9.84 Å². The van der Waals surface area contributed by atoms with Gasteiger partial charge in [0.25, 0.3) is 0 Å². The van der Waals surface area contributed by atoms with Crippen molar-refractivity contribution in [2.24, 2.45) is 5.92 Å². The van der Waals surface area contributed by atoms with E-state index in [-0.39, 0.29) is 11.5 Å². The summed E-state index contributed by atoms with van der Waals surface area (Å²) >= 11 is 0. The van der Waals surface area contributed by atoms with E-state index in [1.165, 1.54) is 13.0 Å². The van der Waals surface area contributed by atoms with E-state index >= 15 is 0 Å². The van der Waals surface area contributed by atoms with E-state index in [1.54, 1.807) is 0 Å². The molecule has 4 nitrogen and oxygen atoms in total. The van der Waals surface area contributed by atoms with Crippen LogP contribution in [-0.4, -0.2) is 23.7 Å². The summed E-state index contributed by atoms with van der Waals surface area (Å²) in [4.78, 5) is 22.5. The lowest BCUT2D eigenvalue weighted by atomic mass is 10.1. The number of rotatable bonds is 5. The van der Waals surface area contributed by atoms with Gasteiger partial charge in [-0.15, -0.1) is 0 Å². The molecule has 0 heterocycles. The van der Waals surface area contributed by atoms with E-state index in [2.05, 4.69) is 0 Å². The molecule has 0 amide bonds. The highest BCUT2D eigenvalue weighted by Gasteiger charge is 2.23. The minimum Gasteiger partial charge on any atom is -0.478 e. The zero-order valence-corrected chi connectivity index (χ0v) is 10.4. The molecule has 0 atom stereocenters. The van der Waals surface area contributed by atoms with Gasteiger partial charge in [-0.25, -0.2) is 9.59 Å². The van der Waals surface area contributed by atoms with E-state index < -0.39 is 11.9 Å². The molecule has 0 aromatic carbocycles. The van der Waals surface area contributed by atoms with Gasteiger partial charge in [0.2, 0.25) is 0 Å². The quantitative estimate of drug-likeness (QED) is 0.589. The van der Waals surface area contributed by atoms with Crippen molar-refractivity contribution >= 4 is 11.9 Å². The monoisotopic (exact) mass is 238 g/mol. The van der Waals surface area contributed by atoms with Crippen LogP contribution >= 0.6 is 0 Å². The summed E-state index contributed by atoms with van der Waals surface area (Å²) < 4.78 is 5.11. The highest BCUT2D eigenvalue weighted by Crippen LogP contribution is 2.33. The zero-order valence-electron chi connectivity index (χ0n) is 10.4. The number of carboxylic acids is 1. The van der Waals surface area contributed by atoms with Crippen molar-refractivity contribution in [3.8, 4) is 0 Å². The first-order valence-corrected chi connectivity index (χ1v) is 5.72. The van der Waals surface area contributed by atoms with Gasteiger partial charge in [0.1, 0.15) is 0 Å². The molecule has 0 bridgehead atoms. The number of carbonyl (C=O) groups is 2. The molecular weight excluding hydrogens is 220 g/mol. The first-order valence-electron chi connectivity index (χ1n) is 5.72. The maximum atomic E-state index is 11.8. The summed E-state index contributed by atoms with van der Waals surface area (Å²) in [6, 6.07) is 0. The second kappa shape index (κ2) is 5.66. The van der Waals surface area contributed by atoms with Gasteiger partial charge in [-0.2, -0.15) is 0 Å². The number of carbonyl (C=O) groups excluding carboxylic acids is 1. The van der Waals surface area contributed by atoms with Crippen LogP contribution in [0, 0.1) is 5.92 Å². The molecule has 0 aromatic heterocycles. The third-order valence-electron chi connectivity index (χ3n) is 2.35. The van der Waals surface area contributed by atoms with Crippen molar-refractivity contribution in [1.29, 1.82) is 0 Å². The summed E-state index contributed by atoms with van der Waals surface area (Å²) in [5.41, 5.74) is 1.56. The van der Waals surface area contributed by atoms with E-state index in [9.17, 15) is 9.59 Å². The Kier molecular flexibility index (Phi) is 4.49. The number of esters is 1. The third-order valence-corrected chi connectivity index (χ3v) is 2.35. The molecule has 94 valence electrons. The minimum atomic E-state index is -1.01. The van der Waals surface area contributed by atoms with Crippen molar-refractivity contribution in [2.75, 3.05) is 6.61 Å². The van der Waals surface area contributed by atoms with Gasteiger partial charge in [0.15, 0.2) is 0 Å². The molecule has 1 aliphatic rings. The molecular formula is C13H18O4. The fraction of sp³-hybridized carbons (Fsp3) is 0.538. The largest absolute Gasteiger partial charge is 0.478 e. The maximum absolute atomic E-state index is 11.8. The van der Waals surface area contributed by atoms with Crippen LogP contribution in [0.2, 0.25) is 0 Å². The van der Waals surface area contributed by atoms with Crippen molar-refractivity contribution in [3.05, 3.63) is 22.8 Å². The van der Waals surface area contributed by atoms with Crippen molar-refractivity contribution < 1.29 is 19.4 Å². The van der Waals surface area contributed by atoms with Crippen LogP contribution in [0.4, 0.5) is 0 Å². The normalized spacial score (nSPS) is 14.8. The van der Waals surface area contributed by atoms with Crippen LogP contribution in [-0.2, 0) is 14.3 Å². The summed E-state index contributed by atoms with van der Waals surface area (Å²) in [6.45, 7) is 5.74. The molecule has 4 heteroatoms. The Hall–Kier alpha value is -1.58. The molecule has 1 fully saturated rings. The SMILES string of the molecule is CC(=CC(C(=O)OCC(C)C)=C1CC1)C(=O)O. The highest BCUT2D eigenvalue weighted by atomic mass is 16.5. The molecule has 0 aliphatic heterocycles. The predicted molar refractivity (Wildman–Crippen MR) is 63.4 cm³/mol. The molecule has 0 unspecified atom stereocenters. The first kappa shape index (κ1) is 13.5. The second-order valence-electron chi connectivity index (χ2n) is 4.64. The van der Waals surface area contributed by atoms with Gasteiger partial charge in [0.05, 0.1) is 12.2 Å². The van der Waals surface area contributed by atoms with Gasteiger partial charge in [-0.3, -0.25) is 0 Å². The van der Waals surface area contributed by atoms with Crippen molar-refractivity contribution in [1.82, 2.24) is 0 Å². The lowest BCUT2D eigenvalue weighted by Crippen LogP contribution is -2.12. The lowest BCUT2D eigenvalue weighted by molar-refractivity contribution is -0.139. The fourth-order valence-electron chi connectivity index (χ4n) is 1.24. The molecule has 0 spiro atoms. The van der Waals surface area contributed by atoms with E-state index in [0.717, 1.165) is 18.4 Å². The van der Waals surface area contributed by atoms with Crippen LogP contribution in [0.3, 0.4) is 0 Å². The topological polar surface area (TPSA) is 63.6 Å². The average molecular weight is 238 g/mol. The Balaban J connectivity index is 2.76. The van der Waals surface area contributed by atoms with Gasteiger partial charge < -0.3 is 9.84 Å². The molecule has 0 aromatic rings. The third kappa shape index (κ3) is 4.43. The van der Waals surface area contributed by atoms with E-state index in [0.29, 0.717) is 12.2 Å². The molecule has 17 heavy (non-hydrogen) atoms. The number of carboxylic acid groups (broad SMARTS) is 1. The lowest BCUT2D eigenvalue weighted by Gasteiger charge is -2.08. The second-order valence-corrected chi connectivity index (χ2v) is 4.64. The van der Waals surface area contributed by atoms with Crippen LogP contribution in [0.1, 0.15) is 33.6 Å². The van der Waals surface area contributed by atoms with Gasteiger partial charge >= 0.3 is 11.9 Å². The number of hydrogen-bond donors (Lipinski definition) is 1. The number of allylic oxidation sites excluding steroid dienone is 1. The molecule has 1 N–H and O–H groups in total. The smallest absolute Gasteiger partial charge is 0.338 e. The van der Waals surface area contributed by atoms with Gasteiger partial charge in [-0.1, -0.05) is 19.4 Å². The predicted octanol–water partition coefficient (Wildman–Crippen LogP) is 2.31. The molecule has 1 aliphatic carbocycles. The first-order chi connectivity index (χ1) is 7.91. The molecule has 1 saturated carbocycles. The molecule has 0 radical (unpaired) electrons. The number of aliphatic carboxylic acids is 1. The Morgan fingerprint density at radius 1 is 1.41 bits per heavy atom. The Bertz CT molecular complexity index is 382. The summed E-state index contributed by atoms with van der Waals surface area (Å²) in [5, 5.41) is 8.79. The Labute approximate surface area is 101 Å². The summed E-state index contributed by atoms with van der Waals surface area (Å²) in [6.07, 6.45) is 3.12. The molecule has 1 rings (SSSR count). The van der Waals surface area contributed by atoms with Crippen LogP contribution < -0.4 is 0 Å². The Morgan fingerprint density at radius 3 is 2.41 bits per heavy atom. The highest BCUT2D eigenvalue weighted by molar-refractivity contribution is 5.96. The standard InChI is InChI=1S/C13H18O4/c1-8(2)7-17-13(16)11(10-4-5-10)6-9(3)12(14)15/h6,8H,4-5,7H2,1-3H3,(H,14,15). The van der Waals surface area contributed by atoms with E-state index in [1.807, 2.05) is 13.8 Å². The van der Waals surface area contributed by atoms with Crippen LogP contribution in [0.25, 0.3) is 0 Å².